The van der Waals surface area contributed by atoms with Gasteiger partial charge in [-0.1, -0.05) is 41.9 Å². The summed E-state index contributed by atoms with van der Waals surface area (Å²) in [6.45, 7) is 0.951. The van der Waals surface area contributed by atoms with Crippen LogP contribution < -0.4 is 4.74 Å². The van der Waals surface area contributed by atoms with Crippen LogP contribution in [0.3, 0.4) is 0 Å². The fraction of sp³-hybridized carbons (Fsp3) is 0.150. The highest BCUT2D eigenvalue weighted by molar-refractivity contribution is 6.35. The van der Waals surface area contributed by atoms with Gasteiger partial charge in [-0.25, -0.2) is 0 Å². The van der Waals surface area contributed by atoms with Crippen molar-refractivity contribution in [2.75, 3.05) is 6.54 Å². The molecule has 126 valence electrons. The van der Waals surface area contributed by atoms with E-state index in [-0.39, 0.29) is 6.61 Å². The van der Waals surface area contributed by atoms with E-state index in [1.54, 1.807) is 12.1 Å². The monoisotopic (exact) mass is 355 g/mol. The molecule has 0 bridgehead atoms. The number of halogens is 2. The predicted octanol–water partition coefficient (Wildman–Crippen LogP) is 5.66. The van der Waals surface area contributed by atoms with E-state index >= 15 is 0 Å². The molecule has 5 heteroatoms. The molecule has 0 spiro atoms. The van der Waals surface area contributed by atoms with E-state index in [1.165, 1.54) is 11.6 Å². The molecule has 3 nitrogen and oxygen atoms in total. The third-order valence-electron chi connectivity index (χ3n) is 4.18. The van der Waals surface area contributed by atoms with Crippen molar-refractivity contribution >= 4 is 34.4 Å². The third-order valence-corrected chi connectivity index (χ3v) is 4.51. The SMILES string of the molecule is Fc1cc2c(Cl)ccc(COc3ccccc3C3=CCN=CC3)c2o1. The highest BCUT2D eigenvalue weighted by Crippen LogP contribution is 2.32. The first kappa shape index (κ1) is 15.9. The van der Waals surface area contributed by atoms with Gasteiger partial charge in [0.15, 0.2) is 0 Å². The number of hydrogen-bond acceptors (Lipinski definition) is 3. The number of hydrogen-bond donors (Lipinski definition) is 0. The molecular weight excluding hydrogens is 341 g/mol. The maximum Gasteiger partial charge on any atom is 0.278 e. The van der Waals surface area contributed by atoms with E-state index in [1.807, 2.05) is 30.5 Å². The summed E-state index contributed by atoms with van der Waals surface area (Å²) in [5, 5.41) is 1.01. The second-order valence-corrected chi connectivity index (χ2v) is 6.17. The molecule has 0 fully saturated rings. The number of ether oxygens (including phenoxy) is 1. The Hall–Kier alpha value is -2.59. The van der Waals surface area contributed by atoms with Crippen molar-refractivity contribution in [3.8, 4) is 5.75 Å². The normalized spacial score (nSPS) is 13.9. The number of aliphatic imine (C=N–C) groups is 1. The average Bonchev–Trinajstić information content (AvgIpc) is 3.05. The maximum atomic E-state index is 13.5. The molecule has 0 atom stereocenters. The van der Waals surface area contributed by atoms with Gasteiger partial charge in [-0.15, -0.1) is 0 Å². The van der Waals surface area contributed by atoms with Crippen molar-refractivity contribution in [2.24, 2.45) is 4.99 Å². The van der Waals surface area contributed by atoms with Gasteiger partial charge in [-0.3, -0.25) is 4.99 Å². The van der Waals surface area contributed by atoms with E-state index in [2.05, 4.69) is 11.1 Å². The second kappa shape index (κ2) is 6.73. The van der Waals surface area contributed by atoms with E-state index in [0.717, 1.165) is 23.3 Å². The molecule has 0 unspecified atom stereocenters. The lowest BCUT2D eigenvalue weighted by Gasteiger charge is -2.15. The van der Waals surface area contributed by atoms with Crippen LogP contribution in [0.2, 0.25) is 5.02 Å². The van der Waals surface area contributed by atoms with Gasteiger partial charge in [-0.2, -0.15) is 4.39 Å². The first-order valence-corrected chi connectivity index (χ1v) is 8.36. The lowest BCUT2D eigenvalue weighted by Crippen LogP contribution is -2.01. The summed E-state index contributed by atoms with van der Waals surface area (Å²) < 4.78 is 24.6. The van der Waals surface area contributed by atoms with E-state index in [9.17, 15) is 4.39 Å². The summed E-state index contributed by atoms with van der Waals surface area (Å²) in [6, 6.07) is 12.0. The number of furan rings is 1. The van der Waals surface area contributed by atoms with Crippen molar-refractivity contribution in [2.45, 2.75) is 13.0 Å². The molecule has 0 aliphatic carbocycles. The molecule has 3 aromatic rings. The van der Waals surface area contributed by atoms with E-state index < -0.39 is 6.01 Å². The minimum Gasteiger partial charge on any atom is -0.488 e. The second-order valence-electron chi connectivity index (χ2n) is 5.77. The summed E-state index contributed by atoms with van der Waals surface area (Å²) in [5.74, 6) is 0.777. The fourth-order valence-corrected chi connectivity index (χ4v) is 3.15. The summed E-state index contributed by atoms with van der Waals surface area (Å²) >= 11 is 6.10. The van der Waals surface area contributed by atoms with Gasteiger partial charge in [0.05, 0.1) is 11.6 Å². The van der Waals surface area contributed by atoms with Gasteiger partial charge in [0.2, 0.25) is 0 Å². The molecule has 1 aliphatic rings. The topological polar surface area (TPSA) is 34.7 Å². The Morgan fingerprint density at radius 3 is 2.92 bits per heavy atom. The standard InChI is InChI=1S/C20H15ClFNO2/c21-17-6-5-14(20-16(17)11-19(22)25-20)12-24-18-4-2-1-3-15(18)13-7-9-23-10-8-13/h1-7,10-11H,8-9,12H2. The Morgan fingerprint density at radius 2 is 2.08 bits per heavy atom. The minimum absolute atomic E-state index is 0.263. The molecule has 0 saturated carbocycles. The van der Waals surface area contributed by atoms with Gasteiger partial charge < -0.3 is 9.15 Å². The maximum absolute atomic E-state index is 13.5. The van der Waals surface area contributed by atoms with Crippen LogP contribution >= 0.6 is 11.6 Å². The molecule has 0 radical (unpaired) electrons. The molecule has 25 heavy (non-hydrogen) atoms. The number of allylic oxidation sites excluding steroid dienone is 1. The van der Waals surface area contributed by atoms with Crippen LogP contribution in [0.25, 0.3) is 16.5 Å². The first-order chi connectivity index (χ1) is 12.2. The summed E-state index contributed by atoms with van der Waals surface area (Å²) in [7, 11) is 0. The highest BCUT2D eigenvalue weighted by atomic mass is 35.5. The molecule has 0 amide bonds. The van der Waals surface area contributed by atoms with Gasteiger partial charge >= 0.3 is 0 Å². The number of para-hydroxylation sites is 1. The van der Waals surface area contributed by atoms with E-state index in [4.69, 9.17) is 20.8 Å². The van der Waals surface area contributed by atoms with Crippen LogP contribution in [0.5, 0.6) is 5.75 Å². The molecule has 2 heterocycles. The number of fused-ring (bicyclic) bond motifs is 1. The minimum atomic E-state index is -0.656. The van der Waals surface area contributed by atoms with Gasteiger partial charge in [0.1, 0.15) is 17.9 Å². The predicted molar refractivity (Wildman–Crippen MR) is 97.9 cm³/mol. The van der Waals surface area contributed by atoms with Crippen LogP contribution in [-0.4, -0.2) is 12.8 Å². The van der Waals surface area contributed by atoms with Gasteiger partial charge in [-0.05, 0) is 17.7 Å². The molecule has 4 rings (SSSR count). The van der Waals surface area contributed by atoms with Gasteiger partial charge in [0.25, 0.3) is 6.01 Å². The zero-order valence-corrected chi connectivity index (χ0v) is 14.1. The molecule has 1 aliphatic heterocycles. The zero-order chi connectivity index (χ0) is 17.2. The van der Waals surface area contributed by atoms with Crippen molar-refractivity contribution in [3.05, 3.63) is 70.7 Å². The van der Waals surface area contributed by atoms with E-state index in [0.29, 0.717) is 22.5 Å². The summed E-state index contributed by atoms with van der Waals surface area (Å²) in [5.41, 5.74) is 3.41. The van der Waals surface area contributed by atoms with Crippen molar-refractivity contribution in [1.29, 1.82) is 0 Å². The Balaban J connectivity index is 1.62. The Morgan fingerprint density at radius 1 is 1.20 bits per heavy atom. The first-order valence-electron chi connectivity index (χ1n) is 7.98. The quantitative estimate of drug-likeness (QED) is 0.605. The molecule has 1 aromatic heterocycles. The molecule has 0 N–H and O–H groups in total. The van der Waals surface area contributed by atoms with Crippen LogP contribution in [-0.2, 0) is 6.61 Å². The third kappa shape index (κ3) is 3.17. The average molecular weight is 356 g/mol. The number of rotatable bonds is 4. The summed E-state index contributed by atoms with van der Waals surface area (Å²) in [6.07, 6.45) is 4.81. The Bertz CT molecular complexity index is 991. The Labute approximate surface area is 149 Å². The molecular formula is C20H15ClFNO2. The lowest BCUT2D eigenvalue weighted by molar-refractivity contribution is 0.302. The Kier molecular flexibility index (Phi) is 4.28. The summed E-state index contributed by atoms with van der Waals surface area (Å²) in [4.78, 5) is 4.22. The van der Waals surface area contributed by atoms with Crippen LogP contribution in [0.4, 0.5) is 4.39 Å². The van der Waals surface area contributed by atoms with Gasteiger partial charge in [0, 0.05) is 35.2 Å². The number of nitrogens with zero attached hydrogens (tertiary/aromatic N) is 1. The smallest absolute Gasteiger partial charge is 0.278 e. The zero-order valence-electron chi connectivity index (χ0n) is 13.3. The van der Waals surface area contributed by atoms with Crippen molar-refractivity contribution < 1.29 is 13.5 Å². The largest absolute Gasteiger partial charge is 0.488 e. The highest BCUT2D eigenvalue weighted by Gasteiger charge is 2.14. The van der Waals surface area contributed by atoms with Crippen LogP contribution in [0.1, 0.15) is 17.5 Å². The number of benzene rings is 2. The number of dihydropyridines is 1. The lowest BCUT2D eigenvalue weighted by atomic mass is 10.0. The molecule has 0 saturated heterocycles. The fourth-order valence-electron chi connectivity index (χ4n) is 2.95. The van der Waals surface area contributed by atoms with Crippen LogP contribution in [0.15, 0.2) is 58.0 Å². The van der Waals surface area contributed by atoms with Crippen molar-refractivity contribution in [1.82, 2.24) is 0 Å². The molecule has 2 aromatic carbocycles. The van der Waals surface area contributed by atoms with Crippen LogP contribution in [0, 0.1) is 6.01 Å². The van der Waals surface area contributed by atoms with Crippen molar-refractivity contribution in [3.63, 3.8) is 0 Å².